The number of nitrogens with one attached hydrogen (secondary N) is 1. The average molecular weight is 270 g/mol. The molecule has 0 radical (unpaired) electrons. The minimum atomic E-state index is 0.515. The van der Waals surface area contributed by atoms with Gasteiger partial charge in [-0.25, -0.2) is 5.10 Å². The van der Waals surface area contributed by atoms with Gasteiger partial charge in [0.05, 0.1) is 6.61 Å². The van der Waals surface area contributed by atoms with E-state index in [9.17, 15) is 0 Å². The van der Waals surface area contributed by atoms with Crippen molar-refractivity contribution >= 4 is 18.2 Å². The van der Waals surface area contributed by atoms with Crippen LogP contribution < -0.4 is 4.90 Å². The highest BCUT2D eigenvalue weighted by Crippen LogP contribution is 2.32. The maximum atomic E-state index is 5.38. The Bertz CT molecular complexity index is 422. The molecule has 1 fully saturated rings. The van der Waals surface area contributed by atoms with Crippen LogP contribution >= 0.6 is 12.2 Å². The van der Waals surface area contributed by atoms with Gasteiger partial charge in [-0.05, 0) is 32.0 Å². The molecule has 0 aromatic carbocycles. The van der Waals surface area contributed by atoms with E-state index < -0.39 is 0 Å². The third-order valence-corrected chi connectivity index (χ3v) is 3.78. The number of rotatable bonds is 6. The number of hydrogen-bond acceptors (Lipinski definition) is 4. The third-order valence-electron chi connectivity index (χ3n) is 3.49. The largest absolute Gasteiger partial charge is 0.380 e. The molecule has 1 aromatic rings. The number of ether oxygens (including phenoxy) is 1. The Hall–Kier alpha value is -0.880. The second-order valence-electron chi connectivity index (χ2n) is 4.76. The van der Waals surface area contributed by atoms with Crippen LogP contribution in [-0.4, -0.2) is 41.6 Å². The van der Waals surface area contributed by atoms with E-state index in [1.165, 1.54) is 25.7 Å². The number of hydrogen-bond donors (Lipinski definition) is 1. The molecule has 18 heavy (non-hydrogen) atoms. The van der Waals surface area contributed by atoms with Crippen molar-refractivity contribution in [1.82, 2.24) is 14.8 Å². The second-order valence-corrected chi connectivity index (χ2v) is 5.14. The molecule has 1 aromatic heterocycles. The molecule has 1 N–H and O–H groups in total. The SMILES string of the molecule is CCOCCN(C)c1n[nH]c(=S)n1C1CCCC1. The molecule has 1 aliphatic rings. The summed E-state index contributed by atoms with van der Waals surface area (Å²) >= 11 is 5.35. The lowest BCUT2D eigenvalue weighted by Crippen LogP contribution is -2.26. The van der Waals surface area contributed by atoms with Crippen molar-refractivity contribution in [2.24, 2.45) is 0 Å². The summed E-state index contributed by atoms with van der Waals surface area (Å²) in [4.78, 5) is 2.11. The van der Waals surface area contributed by atoms with Crippen molar-refractivity contribution in [3.05, 3.63) is 4.77 Å². The monoisotopic (exact) mass is 270 g/mol. The zero-order chi connectivity index (χ0) is 13.0. The number of H-pyrrole nitrogens is 1. The Labute approximate surface area is 113 Å². The summed E-state index contributed by atoms with van der Waals surface area (Å²) in [6, 6.07) is 0.515. The van der Waals surface area contributed by atoms with Crippen LogP contribution in [0.15, 0.2) is 0 Å². The van der Waals surface area contributed by atoms with Crippen molar-refractivity contribution in [3.8, 4) is 0 Å². The first-order valence-electron chi connectivity index (χ1n) is 6.69. The molecule has 0 unspecified atom stereocenters. The molecule has 0 spiro atoms. The lowest BCUT2D eigenvalue weighted by atomic mass is 10.2. The fourth-order valence-corrected chi connectivity index (χ4v) is 2.78. The lowest BCUT2D eigenvalue weighted by Gasteiger charge is -2.21. The summed E-state index contributed by atoms with van der Waals surface area (Å²) < 4.78 is 8.29. The van der Waals surface area contributed by atoms with Crippen LogP contribution in [0, 0.1) is 4.77 Å². The Morgan fingerprint density at radius 3 is 2.89 bits per heavy atom. The zero-order valence-electron chi connectivity index (χ0n) is 11.2. The normalized spacial score (nSPS) is 16.3. The summed E-state index contributed by atoms with van der Waals surface area (Å²) in [5, 5.41) is 7.27. The van der Waals surface area contributed by atoms with Gasteiger partial charge in [0.2, 0.25) is 5.95 Å². The van der Waals surface area contributed by atoms with Gasteiger partial charge in [-0.3, -0.25) is 4.57 Å². The zero-order valence-corrected chi connectivity index (χ0v) is 12.0. The van der Waals surface area contributed by atoms with Gasteiger partial charge in [-0.15, -0.1) is 5.10 Å². The van der Waals surface area contributed by atoms with Gasteiger partial charge in [0.15, 0.2) is 4.77 Å². The lowest BCUT2D eigenvalue weighted by molar-refractivity contribution is 0.154. The molecule has 1 heterocycles. The minimum Gasteiger partial charge on any atom is -0.380 e. The summed E-state index contributed by atoms with van der Waals surface area (Å²) in [5.41, 5.74) is 0. The van der Waals surface area contributed by atoms with Gasteiger partial charge in [0.1, 0.15) is 0 Å². The first-order chi connectivity index (χ1) is 8.74. The average Bonchev–Trinajstić information content (AvgIpc) is 2.97. The molecule has 1 aliphatic carbocycles. The van der Waals surface area contributed by atoms with E-state index in [2.05, 4.69) is 19.7 Å². The Morgan fingerprint density at radius 1 is 1.50 bits per heavy atom. The molecule has 1 saturated carbocycles. The van der Waals surface area contributed by atoms with E-state index in [0.717, 1.165) is 30.5 Å². The van der Waals surface area contributed by atoms with Crippen molar-refractivity contribution in [2.75, 3.05) is 31.7 Å². The molecule has 5 nitrogen and oxygen atoms in total. The Kier molecular flexibility index (Phi) is 4.77. The summed E-state index contributed by atoms with van der Waals surface area (Å²) in [5.74, 6) is 0.937. The van der Waals surface area contributed by atoms with E-state index >= 15 is 0 Å². The van der Waals surface area contributed by atoms with Crippen LogP contribution in [0.4, 0.5) is 5.95 Å². The molecule has 102 valence electrons. The van der Waals surface area contributed by atoms with Gasteiger partial charge in [-0.2, -0.15) is 0 Å². The summed E-state index contributed by atoms with van der Waals surface area (Å²) in [7, 11) is 2.04. The van der Waals surface area contributed by atoms with Gasteiger partial charge in [0.25, 0.3) is 0 Å². The molecule has 0 atom stereocenters. The van der Waals surface area contributed by atoms with Crippen molar-refractivity contribution in [1.29, 1.82) is 0 Å². The van der Waals surface area contributed by atoms with E-state index in [1.807, 2.05) is 14.0 Å². The Morgan fingerprint density at radius 2 is 2.22 bits per heavy atom. The quantitative estimate of drug-likeness (QED) is 0.637. The van der Waals surface area contributed by atoms with Crippen LogP contribution in [0.5, 0.6) is 0 Å². The number of aromatic nitrogens is 3. The molecule has 6 heteroatoms. The first-order valence-corrected chi connectivity index (χ1v) is 7.10. The van der Waals surface area contributed by atoms with Gasteiger partial charge in [-0.1, -0.05) is 12.8 Å². The van der Waals surface area contributed by atoms with Crippen molar-refractivity contribution in [2.45, 2.75) is 38.6 Å². The van der Waals surface area contributed by atoms with Gasteiger partial charge in [0, 0.05) is 26.2 Å². The maximum Gasteiger partial charge on any atom is 0.225 e. The predicted molar refractivity (Wildman–Crippen MR) is 74.7 cm³/mol. The molecular formula is C12H22N4OS. The fraction of sp³-hybridized carbons (Fsp3) is 0.833. The van der Waals surface area contributed by atoms with Crippen LogP contribution in [0.2, 0.25) is 0 Å². The minimum absolute atomic E-state index is 0.515. The van der Waals surface area contributed by atoms with E-state index in [1.54, 1.807) is 0 Å². The molecule has 0 aliphatic heterocycles. The highest BCUT2D eigenvalue weighted by atomic mass is 32.1. The molecule has 0 saturated heterocycles. The smallest absolute Gasteiger partial charge is 0.225 e. The number of likely N-dealkylation sites (N-methyl/N-ethyl adjacent to an activating group) is 1. The molecule has 2 rings (SSSR count). The van der Waals surface area contributed by atoms with Gasteiger partial charge < -0.3 is 9.64 Å². The van der Waals surface area contributed by atoms with E-state index in [-0.39, 0.29) is 0 Å². The van der Waals surface area contributed by atoms with Gasteiger partial charge >= 0.3 is 0 Å². The van der Waals surface area contributed by atoms with Crippen LogP contribution in [0.3, 0.4) is 0 Å². The van der Waals surface area contributed by atoms with Crippen molar-refractivity contribution < 1.29 is 4.74 Å². The molecule has 0 bridgehead atoms. The summed E-state index contributed by atoms with van der Waals surface area (Å²) in [6.07, 6.45) is 5.00. The Balaban J connectivity index is 2.09. The summed E-state index contributed by atoms with van der Waals surface area (Å²) in [6.45, 7) is 4.31. The van der Waals surface area contributed by atoms with E-state index in [4.69, 9.17) is 17.0 Å². The molecule has 0 amide bonds. The van der Waals surface area contributed by atoms with E-state index in [0.29, 0.717) is 6.04 Å². The highest BCUT2D eigenvalue weighted by Gasteiger charge is 2.22. The van der Waals surface area contributed by atoms with Crippen LogP contribution in [0.25, 0.3) is 0 Å². The topological polar surface area (TPSA) is 46.1 Å². The fourth-order valence-electron chi connectivity index (χ4n) is 2.50. The number of anilines is 1. The van der Waals surface area contributed by atoms with Crippen LogP contribution in [0.1, 0.15) is 38.6 Å². The van der Waals surface area contributed by atoms with Crippen LogP contribution in [-0.2, 0) is 4.74 Å². The number of nitrogens with zero attached hydrogens (tertiary/aromatic N) is 3. The standard InChI is InChI=1S/C12H22N4OS/c1-3-17-9-8-15(2)11-13-14-12(18)16(11)10-6-4-5-7-10/h10H,3-9H2,1-2H3,(H,14,18). The van der Waals surface area contributed by atoms with Crippen molar-refractivity contribution in [3.63, 3.8) is 0 Å². The third kappa shape index (κ3) is 2.92. The predicted octanol–water partition coefficient (Wildman–Crippen LogP) is 2.53. The highest BCUT2D eigenvalue weighted by molar-refractivity contribution is 7.71. The maximum absolute atomic E-state index is 5.38. The first kappa shape index (κ1) is 13.5. The second kappa shape index (κ2) is 6.33. The number of aromatic amines is 1. The molecular weight excluding hydrogens is 248 g/mol.